The minimum absolute atomic E-state index is 0.345. The Balaban J connectivity index is 1.93. The van der Waals surface area contributed by atoms with Gasteiger partial charge in [-0.25, -0.2) is 0 Å². The molecule has 9 heavy (non-hydrogen) atoms. The molecule has 0 aromatic heterocycles. The predicted molar refractivity (Wildman–Crippen MR) is 35.1 cm³/mol. The second-order valence-corrected chi connectivity index (χ2v) is 3.13. The van der Waals surface area contributed by atoms with Crippen molar-refractivity contribution in [2.24, 2.45) is 11.7 Å². The molecular formula is C7H13NO. The highest BCUT2D eigenvalue weighted by molar-refractivity contribution is 4.91. The van der Waals surface area contributed by atoms with Gasteiger partial charge in [-0.15, -0.1) is 0 Å². The maximum atomic E-state index is 5.79. The third kappa shape index (κ3) is 0.970. The number of ether oxygens (including phenoxy) is 1. The Morgan fingerprint density at radius 2 is 2.00 bits per heavy atom. The van der Waals surface area contributed by atoms with Crippen LogP contribution in [0.25, 0.3) is 0 Å². The largest absolute Gasteiger partial charge is 0.376 e. The third-order valence-corrected chi connectivity index (χ3v) is 2.27. The van der Waals surface area contributed by atoms with Crippen LogP contribution in [0.4, 0.5) is 0 Å². The Kier molecular flexibility index (Phi) is 1.24. The van der Waals surface area contributed by atoms with Crippen LogP contribution in [0.2, 0.25) is 0 Å². The summed E-state index contributed by atoms with van der Waals surface area (Å²) in [6.07, 6.45) is 4.18. The Bertz CT molecular complexity index is 111. The molecule has 0 aromatic rings. The summed E-state index contributed by atoms with van der Waals surface area (Å²) in [5.74, 6) is 0.822. The topological polar surface area (TPSA) is 35.2 Å². The monoisotopic (exact) mass is 127 g/mol. The van der Waals surface area contributed by atoms with Gasteiger partial charge in [0.1, 0.15) is 0 Å². The van der Waals surface area contributed by atoms with Crippen molar-refractivity contribution in [2.75, 3.05) is 6.61 Å². The molecule has 0 spiro atoms. The molecule has 2 rings (SSSR count). The lowest BCUT2D eigenvalue weighted by atomic mass is 10.1. The van der Waals surface area contributed by atoms with E-state index in [-0.39, 0.29) is 0 Å². The molecule has 0 aromatic carbocycles. The van der Waals surface area contributed by atoms with Gasteiger partial charge >= 0.3 is 0 Å². The Morgan fingerprint density at radius 1 is 1.22 bits per heavy atom. The Labute approximate surface area is 55.4 Å². The average Bonchev–Trinajstić information content (AvgIpc) is 2.58. The van der Waals surface area contributed by atoms with E-state index in [4.69, 9.17) is 10.5 Å². The quantitative estimate of drug-likeness (QED) is 0.557. The molecule has 2 heteroatoms. The Morgan fingerprint density at radius 3 is 2.44 bits per heavy atom. The van der Waals surface area contributed by atoms with Gasteiger partial charge < -0.3 is 10.5 Å². The first-order valence-corrected chi connectivity index (χ1v) is 3.75. The number of rotatable bonds is 1. The van der Waals surface area contributed by atoms with Crippen LogP contribution in [0.3, 0.4) is 0 Å². The van der Waals surface area contributed by atoms with E-state index in [0.29, 0.717) is 12.1 Å². The first kappa shape index (κ1) is 5.69. The van der Waals surface area contributed by atoms with Gasteiger partial charge in [0.25, 0.3) is 0 Å². The van der Waals surface area contributed by atoms with Gasteiger partial charge in [-0.2, -0.15) is 0 Å². The summed E-state index contributed by atoms with van der Waals surface area (Å²) in [5, 5.41) is 0. The van der Waals surface area contributed by atoms with Crippen molar-refractivity contribution in [3.63, 3.8) is 0 Å². The fourth-order valence-electron chi connectivity index (χ4n) is 1.54. The van der Waals surface area contributed by atoms with E-state index in [0.717, 1.165) is 18.9 Å². The molecule has 1 aliphatic heterocycles. The van der Waals surface area contributed by atoms with Crippen LogP contribution < -0.4 is 5.73 Å². The van der Waals surface area contributed by atoms with Crippen molar-refractivity contribution in [3.05, 3.63) is 0 Å². The third-order valence-electron chi connectivity index (χ3n) is 2.27. The second kappa shape index (κ2) is 1.96. The van der Waals surface area contributed by atoms with Crippen molar-refractivity contribution in [1.82, 2.24) is 0 Å². The molecular weight excluding hydrogens is 114 g/mol. The lowest BCUT2D eigenvalue weighted by Gasteiger charge is -2.11. The van der Waals surface area contributed by atoms with E-state index in [2.05, 4.69) is 0 Å². The fourth-order valence-corrected chi connectivity index (χ4v) is 1.54. The standard InChI is InChI=1S/C7H13NO/c8-6-3-4-9-7(6)5-1-2-5/h5-7H,1-4,8H2/t6-,7-/m1/s1. The van der Waals surface area contributed by atoms with E-state index < -0.39 is 0 Å². The van der Waals surface area contributed by atoms with E-state index in [9.17, 15) is 0 Å². The molecule has 0 radical (unpaired) electrons. The normalized spacial score (nSPS) is 43.7. The minimum atomic E-state index is 0.345. The van der Waals surface area contributed by atoms with E-state index in [1.165, 1.54) is 12.8 Å². The van der Waals surface area contributed by atoms with Gasteiger partial charge in [0.2, 0.25) is 0 Å². The van der Waals surface area contributed by atoms with E-state index in [1.54, 1.807) is 0 Å². The first-order valence-electron chi connectivity index (χ1n) is 3.75. The summed E-state index contributed by atoms with van der Waals surface area (Å²) in [5.41, 5.74) is 5.79. The highest BCUT2D eigenvalue weighted by atomic mass is 16.5. The highest BCUT2D eigenvalue weighted by Crippen LogP contribution is 2.37. The van der Waals surface area contributed by atoms with Crippen molar-refractivity contribution in [2.45, 2.75) is 31.4 Å². The molecule has 0 amide bonds. The first-order chi connectivity index (χ1) is 4.38. The molecule has 1 saturated heterocycles. The molecule has 2 aliphatic rings. The number of nitrogens with two attached hydrogens (primary N) is 1. The summed E-state index contributed by atoms with van der Waals surface area (Å²) in [4.78, 5) is 0. The Hall–Kier alpha value is -0.0800. The van der Waals surface area contributed by atoms with Gasteiger partial charge in [-0.1, -0.05) is 0 Å². The van der Waals surface area contributed by atoms with Crippen LogP contribution in [0.1, 0.15) is 19.3 Å². The highest BCUT2D eigenvalue weighted by Gasteiger charge is 2.38. The molecule has 1 aliphatic carbocycles. The molecule has 1 heterocycles. The van der Waals surface area contributed by atoms with Gasteiger partial charge in [-0.3, -0.25) is 0 Å². The van der Waals surface area contributed by atoms with Crippen LogP contribution in [0, 0.1) is 5.92 Å². The molecule has 52 valence electrons. The smallest absolute Gasteiger partial charge is 0.0754 e. The summed E-state index contributed by atoms with van der Waals surface area (Å²) < 4.78 is 5.46. The van der Waals surface area contributed by atoms with Crippen LogP contribution >= 0.6 is 0 Å². The molecule has 0 unspecified atom stereocenters. The average molecular weight is 127 g/mol. The maximum absolute atomic E-state index is 5.79. The van der Waals surface area contributed by atoms with Gasteiger partial charge in [0.15, 0.2) is 0 Å². The zero-order valence-electron chi connectivity index (χ0n) is 5.55. The summed E-state index contributed by atoms with van der Waals surface area (Å²) >= 11 is 0. The molecule has 2 N–H and O–H groups in total. The lowest BCUT2D eigenvalue weighted by Crippen LogP contribution is -2.31. The van der Waals surface area contributed by atoms with Gasteiger partial charge in [0.05, 0.1) is 6.10 Å². The van der Waals surface area contributed by atoms with Crippen molar-refractivity contribution >= 4 is 0 Å². The van der Waals surface area contributed by atoms with Crippen LogP contribution in [0.5, 0.6) is 0 Å². The summed E-state index contributed by atoms with van der Waals surface area (Å²) in [6.45, 7) is 0.891. The second-order valence-electron chi connectivity index (χ2n) is 3.13. The van der Waals surface area contributed by atoms with Crippen molar-refractivity contribution in [1.29, 1.82) is 0 Å². The SMILES string of the molecule is N[C@@H]1CCO[C@@H]1C1CC1. The number of hydrogen-bond acceptors (Lipinski definition) is 2. The van der Waals surface area contributed by atoms with Crippen LogP contribution in [-0.2, 0) is 4.74 Å². The molecule has 2 atom stereocenters. The fraction of sp³-hybridized carbons (Fsp3) is 1.00. The van der Waals surface area contributed by atoms with E-state index in [1.807, 2.05) is 0 Å². The zero-order chi connectivity index (χ0) is 6.27. The zero-order valence-corrected chi connectivity index (χ0v) is 5.55. The maximum Gasteiger partial charge on any atom is 0.0754 e. The van der Waals surface area contributed by atoms with Crippen molar-refractivity contribution < 1.29 is 4.74 Å². The van der Waals surface area contributed by atoms with Crippen molar-refractivity contribution in [3.8, 4) is 0 Å². The van der Waals surface area contributed by atoms with Crippen LogP contribution in [-0.4, -0.2) is 18.8 Å². The predicted octanol–water partition coefficient (Wildman–Crippen LogP) is 0.513. The van der Waals surface area contributed by atoms with Gasteiger partial charge in [0, 0.05) is 12.6 Å². The van der Waals surface area contributed by atoms with Crippen LogP contribution in [0.15, 0.2) is 0 Å². The minimum Gasteiger partial charge on any atom is -0.376 e. The molecule has 2 nitrogen and oxygen atoms in total. The molecule has 0 bridgehead atoms. The molecule has 2 fully saturated rings. The summed E-state index contributed by atoms with van der Waals surface area (Å²) in [7, 11) is 0. The summed E-state index contributed by atoms with van der Waals surface area (Å²) in [6, 6.07) is 0.345. The number of hydrogen-bond donors (Lipinski definition) is 1. The van der Waals surface area contributed by atoms with Gasteiger partial charge in [-0.05, 0) is 25.2 Å². The van der Waals surface area contributed by atoms with E-state index >= 15 is 0 Å². The molecule has 1 saturated carbocycles. The lowest BCUT2D eigenvalue weighted by molar-refractivity contribution is 0.0872.